The van der Waals surface area contributed by atoms with E-state index in [1.165, 1.54) is 6.07 Å². The number of halogens is 4. The molecule has 0 saturated carbocycles. The average molecular weight is 355 g/mol. The molecule has 0 aromatic heterocycles. The maximum atomic E-state index is 12.6. The molecular weight excluding hydrogens is 337 g/mol. The second kappa shape index (κ2) is 5.13. The highest BCUT2D eigenvalue weighted by Crippen LogP contribution is 2.40. The minimum atomic E-state index is -4.34. The van der Waals surface area contributed by atoms with Crippen molar-refractivity contribution in [1.82, 2.24) is 0 Å². The van der Waals surface area contributed by atoms with E-state index in [9.17, 15) is 13.2 Å². The van der Waals surface area contributed by atoms with Crippen molar-refractivity contribution in [1.29, 1.82) is 0 Å². The van der Waals surface area contributed by atoms with Gasteiger partial charge in [0.2, 0.25) is 0 Å². The monoisotopic (exact) mass is 354 g/mol. The second-order valence-corrected chi connectivity index (χ2v) is 11.6. The Balaban J connectivity index is 3.06. The first-order chi connectivity index (χ1) is 8.34. The van der Waals surface area contributed by atoms with E-state index in [1.807, 2.05) is 0 Å². The van der Waals surface area contributed by atoms with E-state index in [0.717, 1.165) is 12.1 Å². The Hall–Kier alpha value is -0.493. The van der Waals surface area contributed by atoms with Crippen LogP contribution in [0.5, 0.6) is 5.75 Å². The van der Waals surface area contributed by atoms with Crippen LogP contribution >= 0.6 is 15.9 Å². The molecule has 0 atom stereocenters. The van der Waals surface area contributed by atoms with Gasteiger partial charge < -0.3 is 4.43 Å². The summed E-state index contributed by atoms with van der Waals surface area (Å²) in [5.74, 6) is 0.472. The molecule has 0 fully saturated rings. The largest absolute Gasteiger partial charge is 0.543 e. The molecule has 0 saturated heterocycles. The molecule has 0 amide bonds. The first-order valence-corrected chi connectivity index (χ1v) is 9.60. The summed E-state index contributed by atoms with van der Waals surface area (Å²) in [6, 6.07) is 3.49. The summed E-state index contributed by atoms with van der Waals surface area (Å²) in [5.41, 5.74) is -0.679. The van der Waals surface area contributed by atoms with Gasteiger partial charge >= 0.3 is 6.18 Å². The third-order valence-electron chi connectivity index (χ3n) is 3.43. The normalized spacial score (nSPS) is 13.5. The Morgan fingerprint density at radius 1 is 1.11 bits per heavy atom. The van der Waals surface area contributed by atoms with E-state index in [2.05, 4.69) is 49.8 Å². The quantitative estimate of drug-likeness (QED) is 0.605. The fourth-order valence-corrected chi connectivity index (χ4v) is 2.83. The van der Waals surface area contributed by atoms with Gasteiger partial charge in [-0.15, -0.1) is 0 Å². The zero-order valence-corrected chi connectivity index (χ0v) is 14.2. The van der Waals surface area contributed by atoms with Crippen LogP contribution in [0.1, 0.15) is 26.3 Å². The highest BCUT2D eigenvalue weighted by molar-refractivity contribution is 9.10. The molecule has 0 N–H and O–H groups in total. The SMILES string of the molecule is CC(C)(C)[Si](C)(C)Oc1ccc(C(F)(F)F)cc1Br. The molecule has 0 aliphatic heterocycles. The van der Waals surface area contributed by atoms with E-state index >= 15 is 0 Å². The van der Waals surface area contributed by atoms with Crippen LogP contribution in [-0.2, 0) is 6.18 Å². The van der Waals surface area contributed by atoms with Crippen molar-refractivity contribution in [3.05, 3.63) is 28.2 Å². The summed E-state index contributed by atoms with van der Waals surface area (Å²) in [6.07, 6.45) is -4.34. The lowest BCUT2D eigenvalue weighted by atomic mass is 10.2. The molecule has 1 rings (SSSR count). The van der Waals surface area contributed by atoms with Crippen molar-refractivity contribution in [2.45, 2.75) is 45.1 Å². The fraction of sp³-hybridized carbons (Fsp3) is 0.538. The van der Waals surface area contributed by atoms with Crippen molar-refractivity contribution in [2.75, 3.05) is 0 Å². The van der Waals surface area contributed by atoms with E-state index in [-0.39, 0.29) is 5.04 Å². The molecule has 0 bridgehead atoms. The number of alkyl halides is 3. The predicted octanol–water partition coefficient (Wildman–Crippen LogP) is 5.85. The first kappa shape index (κ1) is 16.6. The van der Waals surface area contributed by atoms with Crippen molar-refractivity contribution in [3.8, 4) is 5.75 Å². The van der Waals surface area contributed by atoms with E-state index in [0.29, 0.717) is 10.2 Å². The molecule has 1 aromatic rings. The Labute approximate surface area is 121 Å². The first-order valence-electron chi connectivity index (χ1n) is 5.90. The topological polar surface area (TPSA) is 9.23 Å². The highest BCUT2D eigenvalue weighted by atomic mass is 79.9. The molecule has 0 aliphatic rings. The van der Waals surface area contributed by atoms with E-state index < -0.39 is 20.1 Å². The molecule has 0 heterocycles. The zero-order valence-electron chi connectivity index (χ0n) is 11.7. The van der Waals surface area contributed by atoms with Crippen LogP contribution in [0.25, 0.3) is 0 Å². The molecule has 0 unspecified atom stereocenters. The van der Waals surface area contributed by atoms with Gasteiger partial charge in [-0.1, -0.05) is 20.8 Å². The fourth-order valence-electron chi connectivity index (χ4n) is 1.19. The summed E-state index contributed by atoms with van der Waals surface area (Å²) < 4.78 is 44.1. The number of hydrogen-bond donors (Lipinski definition) is 0. The highest BCUT2D eigenvalue weighted by Gasteiger charge is 2.39. The summed E-state index contributed by atoms with van der Waals surface area (Å²) >= 11 is 3.16. The molecule has 6 heteroatoms. The molecule has 0 aliphatic carbocycles. The minimum Gasteiger partial charge on any atom is -0.543 e. The molecule has 19 heavy (non-hydrogen) atoms. The van der Waals surface area contributed by atoms with Gasteiger partial charge in [-0.3, -0.25) is 0 Å². The summed E-state index contributed by atoms with van der Waals surface area (Å²) in [5, 5.41) is -0.00482. The van der Waals surface area contributed by atoms with Crippen LogP contribution in [0.15, 0.2) is 22.7 Å². The second-order valence-electron chi connectivity index (χ2n) is 6.01. The van der Waals surface area contributed by atoms with Crippen LogP contribution in [0.4, 0.5) is 13.2 Å². The third-order valence-corrected chi connectivity index (χ3v) is 8.39. The lowest BCUT2D eigenvalue weighted by Gasteiger charge is -2.36. The summed E-state index contributed by atoms with van der Waals surface area (Å²) in [4.78, 5) is 0. The molecule has 0 spiro atoms. The van der Waals surface area contributed by atoms with E-state index in [4.69, 9.17) is 4.43 Å². The maximum Gasteiger partial charge on any atom is 0.416 e. The van der Waals surface area contributed by atoms with Crippen molar-refractivity contribution >= 4 is 24.2 Å². The van der Waals surface area contributed by atoms with Crippen LogP contribution in [0.3, 0.4) is 0 Å². The van der Waals surface area contributed by atoms with Gasteiger partial charge in [0.05, 0.1) is 10.0 Å². The Bertz CT molecular complexity index is 464. The van der Waals surface area contributed by atoms with Gasteiger partial charge in [0.1, 0.15) is 5.75 Å². The Morgan fingerprint density at radius 3 is 2.00 bits per heavy atom. The van der Waals surface area contributed by atoms with Crippen LogP contribution < -0.4 is 4.43 Å². The Morgan fingerprint density at radius 2 is 1.63 bits per heavy atom. The molecule has 108 valence electrons. The summed E-state index contributed by atoms with van der Waals surface area (Å²) in [7, 11) is -2.05. The van der Waals surface area contributed by atoms with Gasteiger partial charge in [-0.2, -0.15) is 13.2 Å². The van der Waals surface area contributed by atoms with E-state index in [1.54, 1.807) is 0 Å². The van der Waals surface area contributed by atoms with Crippen LogP contribution in [0, 0.1) is 0 Å². The molecule has 1 aromatic carbocycles. The molecular formula is C13H18BrF3OSi. The van der Waals surface area contributed by atoms with Gasteiger partial charge in [-0.05, 0) is 52.3 Å². The average Bonchev–Trinajstić information content (AvgIpc) is 2.17. The van der Waals surface area contributed by atoms with Crippen molar-refractivity contribution in [3.63, 3.8) is 0 Å². The summed E-state index contributed by atoms with van der Waals surface area (Å²) in [6.45, 7) is 10.3. The smallest absolute Gasteiger partial charge is 0.416 e. The number of hydrogen-bond acceptors (Lipinski definition) is 1. The molecule has 0 radical (unpaired) electrons. The van der Waals surface area contributed by atoms with Crippen molar-refractivity contribution < 1.29 is 17.6 Å². The Kier molecular flexibility index (Phi) is 4.47. The van der Waals surface area contributed by atoms with Crippen molar-refractivity contribution in [2.24, 2.45) is 0 Å². The zero-order chi connectivity index (χ0) is 15.1. The van der Waals surface area contributed by atoms with Crippen LogP contribution in [0.2, 0.25) is 18.1 Å². The van der Waals surface area contributed by atoms with Gasteiger partial charge in [0, 0.05) is 0 Å². The predicted molar refractivity (Wildman–Crippen MR) is 77.0 cm³/mol. The lowest BCUT2D eigenvalue weighted by Crippen LogP contribution is -2.43. The molecule has 1 nitrogen and oxygen atoms in total. The van der Waals surface area contributed by atoms with Gasteiger partial charge in [0.25, 0.3) is 8.32 Å². The standard InChI is InChI=1S/C13H18BrF3OSi/c1-12(2,3)19(4,5)18-11-7-6-9(8-10(11)14)13(15,16)17/h6-8H,1-5H3. The van der Waals surface area contributed by atoms with Gasteiger partial charge in [0.15, 0.2) is 0 Å². The van der Waals surface area contributed by atoms with Gasteiger partial charge in [-0.25, -0.2) is 0 Å². The lowest BCUT2D eigenvalue weighted by molar-refractivity contribution is -0.137. The third kappa shape index (κ3) is 3.98. The number of benzene rings is 1. The maximum absolute atomic E-state index is 12.6. The number of rotatable bonds is 2. The minimum absolute atomic E-state index is 0.00482. The van der Waals surface area contributed by atoms with Crippen LogP contribution in [-0.4, -0.2) is 8.32 Å².